The number of hydrogen-bond acceptors (Lipinski definition) is 2. The molecule has 0 heterocycles. The number of nitrogens with one attached hydrogen (secondary N) is 1. The van der Waals surface area contributed by atoms with Gasteiger partial charge in [0.1, 0.15) is 18.2 Å². The number of ether oxygens (including phenoxy) is 1. The molecule has 4 heteroatoms. The molecule has 1 N–H and O–H groups in total. The van der Waals surface area contributed by atoms with E-state index < -0.39 is 0 Å². The van der Waals surface area contributed by atoms with E-state index in [0.29, 0.717) is 22.9 Å². The molecule has 0 aliphatic heterocycles. The van der Waals surface area contributed by atoms with Crippen LogP contribution < -0.4 is 10.1 Å². The van der Waals surface area contributed by atoms with Gasteiger partial charge < -0.3 is 10.1 Å². The first-order valence-electron chi connectivity index (χ1n) is 7.01. The second kappa shape index (κ2) is 7.43. The van der Waals surface area contributed by atoms with E-state index in [1.165, 1.54) is 6.07 Å². The first-order chi connectivity index (χ1) is 10.1. The highest BCUT2D eigenvalue weighted by atomic mass is 35.5. The van der Waals surface area contributed by atoms with Gasteiger partial charge in [-0.1, -0.05) is 36.7 Å². The van der Waals surface area contributed by atoms with E-state index in [0.717, 1.165) is 12.1 Å². The molecule has 0 amide bonds. The molecule has 1 atom stereocenters. The summed E-state index contributed by atoms with van der Waals surface area (Å²) in [6, 6.07) is 12.2. The lowest BCUT2D eigenvalue weighted by Crippen LogP contribution is -2.19. The second-order valence-corrected chi connectivity index (χ2v) is 5.28. The Labute approximate surface area is 129 Å². The molecule has 0 saturated carbocycles. The van der Waals surface area contributed by atoms with Crippen LogP contribution >= 0.6 is 11.6 Å². The Bertz CT molecular complexity index is 586. The van der Waals surface area contributed by atoms with Crippen LogP contribution in [0.25, 0.3) is 0 Å². The number of hydrogen-bond donors (Lipinski definition) is 1. The zero-order valence-electron chi connectivity index (χ0n) is 12.2. The van der Waals surface area contributed by atoms with Gasteiger partial charge in [-0.25, -0.2) is 4.39 Å². The van der Waals surface area contributed by atoms with Crippen LogP contribution in [0.4, 0.5) is 4.39 Å². The standard InChI is InChI=1S/C17H19ClFNO/c1-3-20-12(2)17-15(19)5-4-6-16(17)21-11-13-7-9-14(18)10-8-13/h4-10,12,20H,3,11H2,1-2H3. The minimum absolute atomic E-state index is 0.101. The van der Waals surface area contributed by atoms with Crippen molar-refractivity contribution in [1.82, 2.24) is 5.32 Å². The van der Waals surface area contributed by atoms with Crippen LogP contribution in [-0.2, 0) is 6.61 Å². The lowest BCUT2D eigenvalue weighted by atomic mass is 10.1. The predicted octanol–water partition coefficient (Wildman–Crippen LogP) is 4.73. The Balaban J connectivity index is 2.15. The van der Waals surface area contributed by atoms with E-state index in [1.54, 1.807) is 12.1 Å². The summed E-state index contributed by atoms with van der Waals surface area (Å²) in [5.41, 5.74) is 1.55. The lowest BCUT2D eigenvalue weighted by molar-refractivity contribution is 0.297. The molecule has 0 spiro atoms. The Kier molecular flexibility index (Phi) is 5.59. The van der Waals surface area contributed by atoms with Crippen molar-refractivity contribution in [3.05, 3.63) is 64.4 Å². The topological polar surface area (TPSA) is 21.3 Å². The SMILES string of the molecule is CCNC(C)c1c(F)cccc1OCc1ccc(Cl)cc1. The molecule has 2 aromatic carbocycles. The van der Waals surface area contributed by atoms with Gasteiger partial charge in [0.25, 0.3) is 0 Å². The van der Waals surface area contributed by atoms with Crippen molar-refractivity contribution in [2.75, 3.05) is 6.54 Å². The molecule has 112 valence electrons. The van der Waals surface area contributed by atoms with Crippen LogP contribution in [0.5, 0.6) is 5.75 Å². The first-order valence-corrected chi connectivity index (χ1v) is 7.38. The van der Waals surface area contributed by atoms with E-state index in [-0.39, 0.29) is 11.9 Å². The van der Waals surface area contributed by atoms with E-state index in [2.05, 4.69) is 5.32 Å². The highest BCUT2D eigenvalue weighted by molar-refractivity contribution is 6.30. The van der Waals surface area contributed by atoms with Crippen LogP contribution in [0.2, 0.25) is 5.02 Å². The minimum atomic E-state index is -0.253. The number of benzene rings is 2. The molecule has 0 aromatic heterocycles. The van der Waals surface area contributed by atoms with Crippen molar-refractivity contribution in [3.8, 4) is 5.75 Å². The largest absolute Gasteiger partial charge is 0.488 e. The summed E-state index contributed by atoms with van der Waals surface area (Å²) in [6.07, 6.45) is 0. The lowest BCUT2D eigenvalue weighted by Gasteiger charge is -2.18. The Morgan fingerprint density at radius 1 is 1.19 bits per heavy atom. The molecular weight excluding hydrogens is 289 g/mol. The normalized spacial score (nSPS) is 12.2. The Hall–Kier alpha value is -1.58. The zero-order valence-corrected chi connectivity index (χ0v) is 13.0. The van der Waals surface area contributed by atoms with Gasteiger partial charge in [0.2, 0.25) is 0 Å². The van der Waals surface area contributed by atoms with Gasteiger partial charge in [-0.3, -0.25) is 0 Å². The maximum atomic E-state index is 14.1. The zero-order chi connectivity index (χ0) is 15.2. The molecule has 0 bridgehead atoms. The summed E-state index contributed by atoms with van der Waals surface area (Å²) < 4.78 is 19.9. The van der Waals surface area contributed by atoms with E-state index in [9.17, 15) is 4.39 Å². The van der Waals surface area contributed by atoms with Crippen molar-refractivity contribution in [2.24, 2.45) is 0 Å². The minimum Gasteiger partial charge on any atom is -0.488 e. The number of rotatable bonds is 6. The van der Waals surface area contributed by atoms with Crippen molar-refractivity contribution in [3.63, 3.8) is 0 Å². The van der Waals surface area contributed by atoms with Crippen LogP contribution in [0.1, 0.15) is 31.0 Å². The quantitative estimate of drug-likeness (QED) is 0.833. The average molecular weight is 308 g/mol. The third kappa shape index (κ3) is 4.19. The van der Waals surface area contributed by atoms with Crippen LogP contribution in [0.3, 0.4) is 0 Å². The van der Waals surface area contributed by atoms with Gasteiger partial charge in [-0.2, -0.15) is 0 Å². The smallest absolute Gasteiger partial charge is 0.131 e. The Morgan fingerprint density at radius 2 is 1.90 bits per heavy atom. The molecular formula is C17H19ClFNO. The fourth-order valence-electron chi connectivity index (χ4n) is 2.21. The predicted molar refractivity (Wildman–Crippen MR) is 84.3 cm³/mol. The third-order valence-electron chi connectivity index (χ3n) is 3.26. The van der Waals surface area contributed by atoms with Crippen molar-refractivity contribution in [1.29, 1.82) is 0 Å². The van der Waals surface area contributed by atoms with Gasteiger partial charge in [0.15, 0.2) is 0 Å². The fourth-order valence-corrected chi connectivity index (χ4v) is 2.34. The molecule has 2 nitrogen and oxygen atoms in total. The van der Waals surface area contributed by atoms with Crippen LogP contribution in [0, 0.1) is 5.82 Å². The maximum Gasteiger partial charge on any atom is 0.131 e. The third-order valence-corrected chi connectivity index (χ3v) is 3.52. The first kappa shape index (κ1) is 15.8. The van der Waals surface area contributed by atoms with E-state index in [4.69, 9.17) is 16.3 Å². The molecule has 2 rings (SSSR count). The number of halogens is 2. The molecule has 0 aliphatic carbocycles. The molecule has 0 fully saturated rings. The highest BCUT2D eigenvalue weighted by Crippen LogP contribution is 2.28. The molecule has 2 aromatic rings. The van der Waals surface area contributed by atoms with E-state index in [1.807, 2.05) is 38.1 Å². The van der Waals surface area contributed by atoms with Gasteiger partial charge in [0, 0.05) is 16.6 Å². The molecule has 0 saturated heterocycles. The molecule has 1 unspecified atom stereocenters. The summed E-state index contributed by atoms with van der Waals surface area (Å²) in [5.74, 6) is 0.315. The van der Waals surface area contributed by atoms with Crippen molar-refractivity contribution < 1.29 is 9.13 Å². The van der Waals surface area contributed by atoms with Gasteiger partial charge >= 0.3 is 0 Å². The maximum absolute atomic E-state index is 14.1. The Morgan fingerprint density at radius 3 is 2.57 bits per heavy atom. The van der Waals surface area contributed by atoms with Gasteiger partial charge in [-0.15, -0.1) is 0 Å². The van der Waals surface area contributed by atoms with Crippen LogP contribution in [-0.4, -0.2) is 6.54 Å². The van der Waals surface area contributed by atoms with Crippen molar-refractivity contribution >= 4 is 11.6 Å². The summed E-state index contributed by atoms with van der Waals surface area (Å²) >= 11 is 5.85. The van der Waals surface area contributed by atoms with Gasteiger partial charge in [0.05, 0.1) is 0 Å². The summed E-state index contributed by atoms with van der Waals surface area (Å²) in [6.45, 7) is 5.07. The van der Waals surface area contributed by atoms with Gasteiger partial charge in [-0.05, 0) is 43.3 Å². The highest BCUT2D eigenvalue weighted by Gasteiger charge is 2.16. The summed E-state index contributed by atoms with van der Waals surface area (Å²) in [7, 11) is 0. The molecule has 0 radical (unpaired) electrons. The van der Waals surface area contributed by atoms with Crippen LogP contribution in [0.15, 0.2) is 42.5 Å². The summed E-state index contributed by atoms with van der Waals surface area (Å²) in [4.78, 5) is 0. The average Bonchev–Trinajstić information content (AvgIpc) is 2.47. The van der Waals surface area contributed by atoms with Crippen molar-refractivity contribution in [2.45, 2.75) is 26.5 Å². The molecule has 0 aliphatic rings. The summed E-state index contributed by atoms with van der Waals surface area (Å²) in [5, 5.41) is 3.90. The monoisotopic (exact) mass is 307 g/mol. The second-order valence-electron chi connectivity index (χ2n) is 4.85. The molecule has 21 heavy (non-hydrogen) atoms. The fraction of sp³-hybridized carbons (Fsp3) is 0.294. The van der Waals surface area contributed by atoms with E-state index >= 15 is 0 Å².